The zero-order chi connectivity index (χ0) is 26.9. The smallest absolute Gasteiger partial charge is 0.369 e. The van der Waals surface area contributed by atoms with E-state index in [0.717, 1.165) is 49.7 Å². The average Bonchev–Trinajstić information content (AvgIpc) is 3.70. The number of pyridine rings is 1. The largest absolute Gasteiger partial charge is 2.00 e. The van der Waals surface area contributed by atoms with Crippen LogP contribution in [0.3, 0.4) is 0 Å². The summed E-state index contributed by atoms with van der Waals surface area (Å²) in [6.45, 7) is 0. The van der Waals surface area contributed by atoms with Crippen molar-refractivity contribution in [3.05, 3.63) is 146 Å². The second-order valence-electron chi connectivity index (χ2n) is 10.5. The van der Waals surface area contributed by atoms with Gasteiger partial charge < -0.3 is 4.57 Å². The molecule has 1 aliphatic rings. The van der Waals surface area contributed by atoms with Gasteiger partial charge in [-0.25, -0.2) is 0 Å². The molecule has 4 aromatic heterocycles. The maximum absolute atomic E-state index is 4.84. The molecule has 0 aliphatic heterocycles. The molecule has 1 unspecified atom stereocenters. The zero-order valence-electron chi connectivity index (χ0n) is 22.4. The second-order valence-corrected chi connectivity index (χ2v) is 10.5. The van der Waals surface area contributed by atoms with Crippen LogP contribution in [0.2, 0.25) is 0 Å². The van der Waals surface area contributed by atoms with Crippen LogP contribution in [0.25, 0.3) is 60.2 Å². The van der Waals surface area contributed by atoms with E-state index in [2.05, 4.69) is 130 Å². The van der Waals surface area contributed by atoms with Gasteiger partial charge in [-0.05, 0) is 52.5 Å². The van der Waals surface area contributed by atoms with Gasteiger partial charge in [-0.3, -0.25) is 9.66 Å². The van der Waals surface area contributed by atoms with Crippen molar-refractivity contribution in [3.8, 4) is 0 Å². The van der Waals surface area contributed by atoms with Gasteiger partial charge in [0.1, 0.15) is 0 Å². The van der Waals surface area contributed by atoms with E-state index in [0.29, 0.717) is 0 Å². The second kappa shape index (κ2) is 9.52. The summed E-state index contributed by atoms with van der Waals surface area (Å²) in [5.74, 6) is 0.0954. The standard InChI is InChI=1S/C36H23N5.Mn/c1-4-16-32-25(10-1)23-38-41(32)40-34-18-6-3-14-28(34)30-21-29-27-13-2-5-17-33(27)39(35(29)22-36(30)40)26-12-9-11-24(20-26)31-15-7-8-19-37-31;/h1-21,23-24H;/q-2;+2. The molecule has 0 saturated heterocycles. The number of para-hydroxylation sites is 3. The first-order valence-corrected chi connectivity index (χ1v) is 13.8. The maximum atomic E-state index is 4.84. The predicted octanol–water partition coefficient (Wildman–Crippen LogP) is 8.15. The fourth-order valence-electron chi connectivity index (χ4n) is 6.36. The van der Waals surface area contributed by atoms with Crippen LogP contribution in [0.5, 0.6) is 0 Å². The van der Waals surface area contributed by atoms with E-state index in [9.17, 15) is 0 Å². The van der Waals surface area contributed by atoms with E-state index < -0.39 is 0 Å². The molecule has 1 atom stereocenters. The molecular formula is C36H23MnN5. The third kappa shape index (κ3) is 3.53. The van der Waals surface area contributed by atoms with E-state index >= 15 is 0 Å². The number of nitrogens with zero attached hydrogens (tertiary/aromatic N) is 5. The Labute approximate surface area is 252 Å². The topological polar surface area (TPSA) is 40.6 Å². The molecule has 9 rings (SSSR count). The molecule has 0 N–H and O–H groups in total. The Morgan fingerprint density at radius 1 is 0.714 bits per heavy atom. The van der Waals surface area contributed by atoms with Crippen molar-refractivity contribution in [3.63, 3.8) is 0 Å². The summed E-state index contributed by atoms with van der Waals surface area (Å²) in [6.07, 6.45) is 12.6. The molecule has 1 radical (unpaired) electrons. The van der Waals surface area contributed by atoms with Gasteiger partial charge in [-0.1, -0.05) is 71.6 Å². The minimum atomic E-state index is 0. The Kier molecular flexibility index (Phi) is 5.61. The Morgan fingerprint density at radius 2 is 1.43 bits per heavy atom. The van der Waals surface area contributed by atoms with Gasteiger partial charge in [0.05, 0.1) is 17.2 Å². The molecule has 8 aromatic rings. The number of aromatic nitrogens is 5. The molecule has 1 aliphatic carbocycles. The van der Waals surface area contributed by atoms with E-state index in [1.807, 2.05) is 29.3 Å². The van der Waals surface area contributed by atoms with E-state index in [-0.39, 0.29) is 23.0 Å². The maximum Gasteiger partial charge on any atom is 2.00 e. The normalized spacial score (nSPS) is 15.0. The summed E-state index contributed by atoms with van der Waals surface area (Å²) in [5.41, 5.74) is 7.48. The molecule has 199 valence electrons. The van der Waals surface area contributed by atoms with Crippen molar-refractivity contribution in [1.82, 2.24) is 24.1 Å². The van der Waals surface area contributed by atoms with Crippen LogP contribution in [-0.2, 0) is 17.1 Å². The van der Waals surface area contributed by atoms with Gasteiger partial charge in [0.25, 0.3) is 0 Å². The Hall–Kier alpha value is -5.03. The van der Waals surface area contributed by atoms with Crippen molar-refractivity contribution in [2.45, 2.75) is 5.92 Å². The number of rotatable bonds is 3. The summed E-state index contributed by atoms with van der Waals surface area (Å²) in [4.78, 5) is 6.63. The van der Waals surface area contributed by atoms with Crippen molar-refractivity contribution in [2.75, 3.05) is 0 Å². The number of hydrogen-bond donors (Lipinski definition) is 0. The Bertz CT molecular complexity index is 2350. The fourth-order valence-corrected chi connectivity index (χ4v) is 6.36. The summed E-state index contributed by atoms with van der Waals surface area (Å²) in [6, 6.07) is 37.8. The van der Waals surface area contributed by atoms with Crippen LogP contribution < -0.4 is 0 Å². The number of hydrogen-bond acceptors (Lipinski definition) is 2. The zero-order valence-corrected chi connectivity index (χ0v) is 23.6. The number of benzene rings is 4. The number of fused-ring (bicyclic) bond motifs is 7. The Morgan fingerprint density at radius 3 is 2.26 bits per heavy atom. The summed E-state index contributed by atoms with van der Waals surface area (Å²) in [7, 11) is 0. The van der Waals surface area contributed by atoms with E-state index in [1.165, 1.54) is 16.2 Å². The van der Waals surface area contributed by atoms with Crippen LogP contribution in [0.15, 0.2) is 128 Å². The third-order valence-electron chi connectivity index (χ3n) is 8.20. The van der Waals surface area contributed by atoms with E-state index in [1.54, 1.807) is 0 Å². The van der Waals surface area contributed by atoms with Crippen LogP contribution in [0, 0.1) is 12.5 Å². The molecule has 5 nitrogen and oxygen atoms in total. The fraction of sp³-hybridized carbons (Fsp3) is 0.0278. The van der Waals surface area contributed by atoms with Crippen molar-refractivity contribution < 1.29 is 17.1 Å². The molecule has 0 fully saturated rings. The molecular weight excluding hydrogens is 557 g/mol. The van der Waals surface area contributed by atoms with Gasteiger partial charge in [0.15, 0.2) is 0 Å². The molecule has 4 aromatic carbocycles. The van der Waals surface area contributed by atoms with Crippen LogP contribution in [-0.4, -0.2) is 24.1 Å². The van der Waals surface area contributed by atoms with E-state index in [4.69, 9.17) is 5.10 Å². The predicted molar refractivity (Wildman–Crippen MR) is 167 cm³/mol. The molecule has 42 heavy (non-hydrogen) atoms. The van der Waals surface area contributed by atoms with Gasteiger partial charge in [0, 0.05) is 22.8 Å². The SMILES string of the molecule is [Mn+2].[c-]1c2c(cc3c4ccccc4n(-n4ncc5ccccc54)c13)c1ccccc1n2C1=CC=CC(c2ccccn2)[CH-]1. The van der Waals surface area contributed by atoms with Crippen molar-refractivity contribution in [2.24, 2.45) is 0 Å². The Balaban J connectivity index is 0.00000267. The molecule has 0 saturated carbocycles. The van der Waals surface area contributed by atoms with Gasteiger partial charge in [-0.2, -0.15) is 28.5 Å². The molecule has 6 heteroatoms. The first-order chi connectivity index (χ1) is 20.3. The van der Waals surface area contributed by atoms with Crippen LogP contribution >= 0.6 is 0 Å². The summed E-state index contributed by atoms with van der Waals surface area (Å²) >= 11 is 0. The molecule has 0 amide bonds. The summed E-state index contributed by atoms with van der Waals surface area (Å²) < 4.78 is 4.54. The minimum Gasteiger partial charge on any atom is -0.369 e. The molecule has 0 bridgehead atoms. The van der Waals surface area contributed by atoms with Crippen LogP contribution in [0.1, 0.15) is 11.6 Å². The molecule has 4 heterocycles. The van der Waals surface area contributed by atoms with Crippen molar-refractivity contribution in [1.29, 1.82) is 0 Å². The summed E-state index contributed by atoms with van der Waals surface area (Å²) in [5, 5.41) is 10.7. The van der Waals surface area contributed by atoms with Gasteiger partial charge in [0.2, 0.25) is 0 Å². The average molecular weight is 581 g/mol. The van der Waals surface area contributed by atoms with Gasteiger partial charge >= 0.3 is 17.1 Å². The first-order valence-electron chi connectivity index (χ1n) is 13.8. The first kappa shape index (κ1) is 24.7. The van der Waals surface area contributed by atoms with Gasteiger partial charge in [-0.15, -0.1) is 29.3 Å². The number of allylic oxidation sites excluding steroid dienone is 4. The molecule has 0 spiro atoms. The monoisotopic (exact) mass is 580 g/mol. The minimum absolute atomic E-state index is 0. The van der Waals surface area contributed by atoms with Crippen LogP contribution in [0.4, 0.5) is 0 Å². The quantitative estimate of drug-likeness (QED) is 0.156. The third-order valence-corrected chi connectivity index (χ3v) is 8.20. The van der Waals surface area contributed by atoms with Crippen molar-refractivity contribution >= 4 is 60.2 Å².